The standard InChI is InChI=1S/C21H24N2O2S2/c1-15(2)11-23(21(24)19-5-4-10-25-19)12-17-13-27-20(22-17)14-26-18-8-6-16(3)7-9-18/h4-10,13,15H,11-12,14H2,1-3H3. The van der Waals surface area contributed by atoms with E-state index in [0.29, 0.717) is 24.8 Å². The summed E-state index contributed by atoms with van der Waals surface area (Å²) in [5, 5.41) is 3.12. The molecular formula is C21H24N2O2S2. The van der Waals surface area contributed by atoms with Crippen LogP contribution in [0.15, 0.2) is 57.4 Å². The summed E-state index contributed by atoms with van der Waals surface area (Å²) in [5.41, 5.74) is 2.20. The molecule has 1 amide bonds. The summed E-state index contributed by atoms with van der Waals surface area (Å²) < 4.78 is 5.28. The molecule has 0 saturated heterocycles. The van der Waals surface area contributed by atoms with Crippen molar-refractivity contribution in [2.24, 2.45) is 5.92 Å². The number of aryl methyl sites for hydroxylation is 1. The van der Waals surface area contributed by atoms with Crippen LogP contribution in [-0.4, -0.2) is 22.3 Å². The molecule has 4 nitrogen and oxygen atoms in total. The van der Waals surface area contributed by atoms with Crippen LogP contribution in [0.2, 0.25) is 0 Å². The van der Waals surface area contributed by atoms with Gasteiger partial charge in [-0.05, 0) is 37.1 Å². The van der Waals surface area contributed by atoms with Gasteiger partial charge in [-0.15, -0.1) is 23.1 Å². The topological polar surface area (TPSA) is 46.3 Å². The van der Waals surface area contributed by atoms with Crippen molar-refractivity contribution in [2.45, 2.75) is 38.0 Å². The van der Waals surface area contributed by atoms with Crippen molar-refractivity contribution in [2.75, 3.05) is 6.54 Å². The number of rotatable bonds is 8. The Morgan fingerprint density at radius 3 is 2.70 bits per heavy atom. The van der Waals surface area contributed by atoms with Gasteiger partial charge in [0.25, 0.3) is 5.91 Å². The highest BCUT2D eigenvalue weighted by Crippen LogP contribution is 2.25. The molecule has 0 unspecified atom stereocenters. The lowest BCUT2D eigenvalue weighted by Crippen LogP contribution is -2.33. The van der Waals surface area contributed by atoms with Gasteiger partial charge in [-0.1, -0.05) is 31.5 Å². The Balaban J connectivity index is 1.63. The predicted octanol–water partition coefficient (Wildman–Crippen LogP) is 5.64. The fourth-order valence-electron chi connectivity index (χ4n) is 2.68. The average Bonchev–Trinajstić information content (AvgIpc) is 3.32. The number of furan rings is 1. The molecule has 0 spiro atoms. The van der Waals surface area contributed by atoms with Crippen LogP contribution in [0.1, 0.15) is 40.7 Å². The van der Waals surface area contributed by atoms with Gasteiger partial charge in [-0.2, -0.15) is 0 Å². The van der Waals surface area contributed by atoms with Crippen LogP contribution in [0.4, 0.5) is 0 Å². The van der Waals surface area contributed by atoms with Crippen LogP contribution in [0.25, 0.3) is 0 Å². The zero-order valence-corrected chi connectivity index (χ0v) is 17.5. The van der Waals surface area contributed by atoms with E-state index >= 15 is 0 Å². The summed E-state index contributed by atoms with van der Waals surface area (Å²) in [5.74, 6) is 1.50. The number of benzene rings is 1. The van der Waals surface area contributed by atoms with Crippen molar-refractivity contribution in [1.82, 2.24) is 9.88 Å². The van der Waals surface area contributed by atoms with Gasteiger partial charge in [-0.25, -0.2) is 4.98 Å². The van der Waals surface area contributed by atoms with E-state index in [1.807, 2.05) is 10.3 Å². The number of hydrogen-bond acceptors (Lipinski definition) is 5. The van der Waals surface area contributed by atoms with Crippen molar-refractivity contribution < 1.29 is 9.21 Å². The second-order valence-corrected chi connectivity index (χ2v) is 8.88. The molecule has 0 aliphatic heterocycles. The molecule has 0 N–H and O–H groups in total. The number of nitrogens with zero attached hydrogens (tertiary/aromatic N) is 2. The molecule has 0 atom stereocenters. The zero-order chi connectivity index (χ0) is 19.2. The molecular weight excluding hydrogens is 376 g/mol. The fraction of sp³-hybridized carbons (Fsp3) is 0.333. The Morgan fingerprint density at radius 2 is 2.04 bits per heavy atom. The largest absolute Gasteiger partial charge is 0.459 e. The number of aromatic nitrogens is 1. The second kappa shape index (κ2) is 9.24. The van der Waals surface area contributed by atoms with Crippen LogP contribution in [0.5, 0.6) is 0 Å². The van der Waals surface area contributed by atoms with Crippen LogP contribution >= 0.6 is 23.1 Å². The summed E-state index contributed by atoms with van der Waals surface area (Å²) in [6.45, 7) is 7.47. The minimum atomic E-state index is -0.0859. The van der Waals surface area contributed by atoms with Crippen molar-refractivity contribution in [3.8, 4) is 0 Å². The highest BCUT2D eigenvalue weighted by Gasteiger charge is 2.20. The molecule has 0 fully saturated rings. The number of amides is 1. The van der Waals surface area contributed by atoms with E-state index < -0.39 is 0 Å². The normalized spacial score (nSPS) is 11.1. The van der Waals surface area contributed by atoms with Crippen molar-refractivity contribution in [3.63, 3.8) is 0 Å². The molecule has 142 valence electrons. The van der Waals surface area contributed by atoms with E-state index in [-0.39, 0.29) is 5.91 Å². The first-order valence-electron chi connectivity index (χ1n) is 8.97. The van der Waals surface area contributed by atoms with E-state index in [1.54, 1.807) is 35.2 Å². The van der Waals surface area contributed by atoms with Crippen molar-refractivity contribution >= 4 is 29.0 Å². The summed E-state index contributed by atoms with van der Waals surface area (Å²) in [6.07, 6.45) is 1.53. The number of hydrogen-bond donors (Lipinski definition) is 0. The molecule has 2 aromatic heterocycles. The molecule has 27 heavy (non-hydrogen) atoms. The lowest BCUT2D eigenvalue weighted by atomic mass is 10.2. The zero-order valence-electron chi connectivity index (χ0n) is 15.8. The second-order valence-electron chi connectivity index (χ2n) is 6.89. The first-order chi connectivity index (χ1) is 13.0. The van der Waals surface area contributed by atoms with Gasteiger partial charge in [0.1, 0.15) is 5.01 Å². The third kappa shape index (κ3) is 5.71. The van der Waals surface area contributed by atoms with Gasteiger partial charge in [0.15, 0.2) is 5.76 Å². The van der Waals surface area contributed by atoms with Gasteiger partial charge >= 0.3 is 0 Å². The maximum atomic E-state index is 12.7. The Hall–Kier alpha value is -2.05. The Labute approximate surface area is 168 Å². The van der Waals surface area contributed by atoms with Gasteiger partial charge < -0.3 is 9.32 Å². The number of carbonyl (C=O) groups is 1. The summed E-state index contributed by atoms with van der Waals surface area (Å²) in [7, 11) is 0. The summed E-state index contributed by atoms with van der Waals surface area (Å²) >= 11 is 3.43. The molecule has 0 aliphatic carbocycles. The molecule has 3 aromatic rings. The molecule has 0 saturated carbocycles. The summed E-state index contributed by atoms with van der Waals surface area (Å²) in [4.78, 5) is 20.5. The highest BCUT2D eigenvalue weighted by atomic mass is 32.2. The van der Waals surface area contributed by atoms with E-state index in [9.17, 15) is 4.79 Å². The molecule has 3 rings (SSSR count). The van der Waals surface area contributed by atoms with Crippen molar-refractivity contribution in [3.05, 3.63) is 70.1 Å². The van der Waals surface area contributed by atoms with E-state index in [0.717, 1.165) is 16.5 Å². The van der Waals surface area contributed by atoms with Gasteiger partial charge in [-0.3, -0.25) is 4.79 Å². The molecule has 0 radical (unpaired) electrons. The minimum absolute atomic E-state index is 0.0859. The Morgan fingerprint density at radius 1 is 1.26 bits per heavy atom. The van der Waals surface area contributed by atoms with E-state index in [1.165, 1.54) is 16.7 Å². The Kier molecular flexibility index (Phi) is 6.74. The third-order valence-electron chi connectivity index (χ3n) is 3.94. The summed E-state index contributed by atoms with van der Waals surface area (Å²) in [6, 6.07) is 12.0. The molecule has 2 heterocycles. The third-order valence-corrected chi connectivity index (χ3v) is 6.04. The lowest BCUT2D eigenvalue weighted by molar-refractivity contribution is 0.0688. The highest BCUT2D eigenvalue weighted by molar-refractivity contribution is 7.98. The number of thiazole rings is 1. The Bertz CT molecular complexity index is 855. The monoisotopic (exact) mass is 400 g/mol. The van der Waals surface area contributed by atoms with E-state index in [4.69, 9.17) is 9.40 Å². The van der Waals surface area contributed by atoms with Crippen LogP contribution < -0.4 is 0 Å². The molecule has 1 aromatic carbocycles. The van der Waals surface area contributed by atoms with Gasteiger partial charge in [0.2, 0.25) is 0 Å². The van der Waals surface area contributed by atoms with Crippen LogP contribution in [0, 0.1) is 12.8 Å². The lowest BCUT2D eigenvalue weighted by Gasteiger charge is -2.22. The van der Waals surface area contributed by atoms with Crippen LogP contribution in [-0.2, 0) is 12.3 Å². The molecule has 0 bridgehead atoms. The first kappa shape index (κ1) is 19.7. The van der Waals surface area contributed by atoms with Crippen molar-refractivity contribution in [1.29, 1.82) is 0 Å². The number of thioether (sulfide) groups is 1. The SMILES string of the molecule is Cc1ccc(SCc2nc(CN(CC(C)C)C(=O)c3ccco3)cs2)cc1. The minimum Gasteiger partial charge on any atom is -0.459 e. The quantitative estimate of drug-likeness (QED) is 0.459. The first-order valence-corrected chi connectivity index (χ1v) is 10.8. The number of carbonyl (C=O) groups excluding carboxylic acids is 1. The van der Waals surface area contributed by atoms with Crippen LogP contribution in [0.3, 0.4) is 0 Å². The fourth-order valence-corrected chi connectivity index (χ4v) is 4.38. The smallest absolute Gasteiger partial charge is 0.289 e. The maximum absolute atomic E-state index is 12.7. The average molecular weight is 401 g/mol. The van der Waals surface area contributed by atoms with Gasteiger partial charge in [0, 0.05) is 16.8 Å². The van der Waals surface area contributed by atoms with E-state index in [2.05, 4.69) is 45.0 Å². The molecule has 0 aliphatic rings. The predicted molar refractivity (Wildman–Crippen MR) is 111 cm³/mol. The van der Waals surface area contributed by atoms with Gasteiger partial charge in [0.05, 0.1) is 24.3 Å². The maximum Gasteiger partial charge on any atom is 0.289 e. The molecule has 6 heteroatoms.